The van der Waals surface area contributed by atoms with Crippen LogP contribution in [0.2, 0.25) is 0 Å². The molecule has 126 valence electrons. The van der Waals surface area contributed by atoms with Crippen LogP contribution in [0.5, 0.6) is 0 Å². The van der Waals surface area contributed by atoms with Gasteiger partial charge in [0.2, 0.25) is 0 Å². The van der Waals surface area contributed by atoms with E-state index >= 15 is 0 Å². The molecule has 0 aliphatic heterocycles. The van der Waals surface area contributed by atoms with Gasteiger partial charge in [-0.3, -0.25) is 0 Å². The van der Waals surface area contributed by atoms with Crippen LogP contribution in [-0.4, -0.2) is 46.8 Å². The third-order valence-electron chi connectivity index (χ3n) is 3.92. The molecule has 24 heavy (non-hydrogen) atoms. The van der Waals surface area contributed by atoms with Crippen molar-refractivity contribution in [3.8, 4) is 0 Å². The number of aliphatic hydroxyl groups is 1. The molecule has 0 bridgehead atoms. The van der Waals surface area contributed by atoms with E-state index in [-0.39, 0.29) is 0 Å². The van der Waals surface area contributed by atoms with Gasteiger partial charge in [-0.05, 0) is 25.0 Å². The monoisotopic (exact) mass is 327 g/mol. The molecule has 8 heteroatoms. The van der Waals surface area contributed by atoms with Gasteiger partial charge >= 0.3 is 0 Å². The highest BCUT2D eigenvalue weighted by Crippen LogP contribution is 2.21. The molecule has 2 heterocycles. The number of hydrogen-bond acceptors (Lipinski definition) is 6. The molecule has 0 atom stereocenters. The topological polar surface area (TPSA) is 93.7 Å². The lowest BCUT2D eigenvalue weighted by Gasteiger charge is -2.29. The second kappa shape index (κ2) is 6.79. The van der Waals surface area contributed by atoms with Crippen LogP contribution >= 0.6 is 0 Å². The first-order valence-corrected chi connectivity index (χ1v) is 7.73. The van der Waals surface area contributed by atoms with Gasteiger partial charge in [-0.1, -0.05) is 18.2 Å². The van der Waals surface area contributed by atoms with Crippen LogP contribution in [0.4, 0.5) is 5.69 Å². The third-order valence-corrected chi connectivity index (χ3v) is 3.92. The number of nitrogens with zero attached hydrogens (tertiary/aromatic N) is 6. The Balaban J connectivity index is 1.79. The SMILES string of the molecule is Cc1cccc(C)c1NCC(O)(Cn1cncn1)Cn1cncn1. The second-order valence-corrected chi connectivity index (χ2v) is 6.03. The van der Waals surface area contributed by atoms with E-state index in [1.165, 1.54) is 12.7 Å². The molecule has 0 spiro atoms. The average molecular weight is 327 g/mol. The van der Waals surface area contributed by atoms with Crippen LogP contribution in [0.15, 0.2) is 43.5 Å². The molecule has 2 N–H and O–H groups in total. The van der Waals surface area contributed by atoms with Crippen LogP contribution in [0.25, 0.3) is 0 Å². The maximum atomic E-state index is 11.2. The smallest absolute Gasteiger partial charge is 0.137 e. The fourth-order valence-electron chi connectivity index (χ4n) is 2.74. The van der Waals surface area contributed by atoms with Gasteiger partial charge in [0.1, 0.15) is 30.9 Å². The number of aromatic nitrogens is 6. The van der Waals surface area contributed by atoms with Gasteiger partial charge in [-0.2, -0.15) is 10.2 Å². The van der Waals surface area contributed by atoms with E-state index in [9.17, 15) is 5.11 Å². The summed E-state index contributed by atoms with van der Waals surface area (Å²) in [5.74, 6) is 0. The summed E-state index contributed by atoms with van der Waals surface area (Å²) in [6, 6.07) is 6.11. The van der Waals surface area contributed by atoms with Crippen LogP contribution in [0.3, 0.4) is 0 Å². The van der Waals surface area contributed by atoms with Crippen molar-refractivity contribution in [1.82, 2.24) is 29.5 Å². The van der Waals surface area contributed by atoms with E-state index in [2.05, 4.69) is 25.5 Å². The molecular weight excluding hydrogens is 306 g/mol. The van der Waals surface area contributed by atoms with E-state index < -0.39 is 5.60 Å². The van der Waals surface area contributed by atoms with Gasteiger partial charge in [0, 0.05) is 12.2 Å². The van der Waals surface area contributed by atoms with Gasteiger partial charge in [-0.25, -0.2) is 19.3 Å². The molecule has 0 saturated heterocycles. The Hall–Kier alpha value is -2.74. The molecule has 0 aliphatic rings. The van der Waals surface area contributed by atoms with Gasteiger partial charge < -0.3 is 10.4 Å². The van der Waals surface area contributed by atoms with Crippen molar-refractivity contribution < 1.29 is 5.11 Å². The number of benzene rings is 1. The predicted molar refractivity (Wildman–Crippen MR) is 89.4 cm³/mol. The van der Waals surface area contributed by atoms with E-state index in [1.54, 1.807) is 22.0 Å². The van der Waals surface area contributed by atoms with E-state index in [1.807, 2.05) is 32.0 Å². The zero-order chi connectivity index (χ0) is 17.0. The summed E-state index contributed by atoms with van der Waals surface area (Å²) in [5, 5.41) is 22.7. The van der Waals surface area contributed by atoms with Crippen molar-refractivity contribution >= 4 is 5.69 Å². The zero-order valence-corrected chi connectivity index (χ0v) is 13.8. The molecular formula is C16H21N7O. The van der Waals surface area contributed by atoms with Crippen LogP contribution < -0.4 is 5.32 Å². The Morgan fingerprint density at radius 2 is 1.54 bits per heavy atom. The van der Waals surface area contributed by atoms with Crippen molar-refractivity contribution in [3.05, 3.63) is 54.6 Å². The number of nitrogens with one attached hydrogen (secondary N) is 1. The number of rotatable bonds is 7. The third kappa shape index (κ3) is 3.77. The molecule has 0 fully saturated rings. The predicted octanol–water partition coefficient (Wildman–Crippen LogP) is 1.03. The molecule has 3 aromatic rings. The summed E-state index contributed by atoms with van der Waals surface area (Å²) in [6.07, 6.45) is 6.08. The maximum Gasteiger partial charge on any atom is 0.137 e. The quantitative estimate of drug-likeness (QED) is 0.673. The van der Waals surface area contributed by atoms with Gasteiger partial charge in [-0.15, -0.1) is 0 Å². The molecule has 8 nitrogen and oxygen atoms in total. The van der Waals surface area contributed by atoms with Gasteiger partial charge in [0.15, 0.2) is 0 Å². The van der Waals surface area contributed by atoms with Crippen LogP contribution in [0.1, 0.15) is 11.1 Å². The minimum absolute atomic E-state index is 0.296. The second-order valence-electron chi connectivity index (χ2n) is 6.03. The van der Waals surface area contributed by atoms with Crippen molar-refractivity contribution in [2.45, 2.75) is 32.5 Å². The molecule has 0 amide bonds. The summed E-state index contributed by atoms with van der Waals surface area (Å²) in [6.45, 7) is 5.03. The van der Waals surface area contributed by atoms with Crippen LogP contribution in [-0.2, 0) is 13.1 Å². The first-order valence-electron chi connectivity index (χ1n) is 7.73. The fraction of sp³-hybridized carbons (Fsp3) is 0.375. The normalized spacial score (nSPS) is 11.6. The summed E-state index contributed by atoms with van der Waals surface area (Å²) < 4.78 is 3.23. The largest absolute Gasteiger partial charge is 0.384 e. The Labute approximate surface area is 140 Å². The summed E-state index contributed by atoms with van der Waals surface area (Å²) in [5.41, 5.74) is 2.21. The van der Waals surface area contributed by atoms with E-state index in [4.69, 9.17) is 0 Å². The van der Waals surface area contributed by atoms with Crippen LogP contribution in [0, 0.1) is 13.8 Å². The number of para-hydroxylation sites is 1. The van der Waals surface area contributed by atoms with Crippen molar-refractivity contribution in [3.63, 3.8) is 0 Å². The lowest BCUT2D eigenvalue weighted by molar-refractivity contribution is 0.0120. The summed E-state index contributed by atoms with van der Waals surface area (Å²) in [4.78, 5) is 7.87. The first-order chi connectivity index (χ1) is 11.6. The zero-order valence-electron chi connectivity index (χ0n) is 13.8. The lowest BCUT2D eigenvalue weighted by atomic mass is 10.0. The molecule has 0 radical (unpaired) electrons. The maximum absolute atomic E-state index is 11.2. The highest BCUT2D eigenvalue weighted by atomic mass is 16.3. The van der Waals surface area contributed by atoms with E-state index in [0.29, 0.717) is 19.6 Å². The van der Waals surface area contributed by atoms with Gasteiger partial charge in [0.05, 0.1) is 13.1 Å². The minimum Gasteiger partial charge on any atom is -0.384 e. The standard InChI is InChI=1S/C16H21N7O/c1-13-4-3-5-14(2)15(13)19-6-16(24,7-22-11-17-9-20-22)8-23-12-18-10-21-23/h3-5,9-12,19,24H,6-8H2,1-2H3. The molecule has 0 saturated carbocycles. The van der Waals surface area contributed by atoms with Gasteiger partial charge in [0.25, 0.3) is 0 Å². The molecule has 1 aromatic carbocycles. The summed E-state index contributed by atoms with van der Waals surface area (Å²) >= 11 is 0. The number of aryl methyl sites for hydroxylation is 2. The molecule has 3 rings (SSSR count). The Morgan fingerprint density at radius 3 is 2.00 bits per heavy atom. The lowest BCUT2D eigenvalue weighted by Crippen LogP contribution is -2.45. The highest BCUT2D eigenvalue weighted by molar-refractivity contribution is 5.56. The number of anilines is 1. The Kier molecular flexibility index (Phi) is 4.57. The fourth-order valence-corrected chi connectivity index (χ4v) is 2.74. The summed E-state index contributed by atoms with van der Waals surface area (Å²) in [7, 11) is 0. The Bertz CT molecular complexity index is 711. The van der Waals surface area contributed by atoms with Crippen molar-refractivity contribution in [2.75, 3.05) is 11.9 Å². The molecule has 0 unspecified atom stereocenters. The molecule has 2 aromatic heterocycles. The van der Waals surface area contributed by atoms with Crippen molar-refractivity contribution in [1.29, 1.82) is 0 Å². The Morgan fingerprint density at radius 1 is 1.00 bits per heavy atom. The number of hydrogen-bond donors (Lipinski definition) is 2. The molecule has 0 aliphatic carbocycles. The first kappa shape index (κ1) is 16.1. The average Bonchev–Trinajstić information content (AvgIpc) is 3.20. The van der Waals surface area contributed by atoms with E-state index in [0.717, 1.165) is 16.8 Å². The highest BCUT2D eigenvalue weighted by Gasteiger charge is 2.29. The minimum atomic E-state index is -1.10. The van der Waals surface area contributed by atoms with Crippen molar-refractivity contribution in [2.24, 2.45) is 0 Å².